The number of hydrogen-bond donors (Lipinski definition) is 0. The third-order valence-corrected chi connectivity index (χ3v) is 4.30. The number of nitrogens with zero attached hydrogens (tertiary/aromatic N) is 1. The molecule has 0 amide bonds. The molecule has 0 aliphatic rings. The summed E-state index contributed by atoms with van der Waals surface area (Å²) in [7, 11) is 2.97. The maximum absolute atomic E-state index is 13.3. The number of esters is 1. The lowest BCUT2D eigenvalue weighted by Gasteiger charge is -2.13. The van der Waals surface area contributed by atoms with Crippen LogP contribution in [0.5, 0.6) is 17.2 Å². The van der Waals surface area contributed by atoms with Gasteiger partial charge in [-0.05, 0) is 36.8 Å². The Morgan fingerprint density at radius 3 is 2.53 bits per heavy atom. The molecule has 0 saturated heterocycles. The first-order valence-corrected chi connectivity index (χ1v) is 9.04. The van der Waals surface area contributed by atoms with Crippen LogP contribution in [0.4, 0.5) is 0 Å². The van der Waals surface area contributed by atoms with Crippen molar-refractivity contribution in [3.05, 3.63) is 52.4 Å². The third kappa shape index (κ3) is 3.91. The van der Waals surface area contributed by atoms with Gasteiger partial charge < -0.3 is 23.4 Å². The first-order chi connectivity index (χ1) is 14.5. The van der Waals surface area contributed by atoms with Crippen LogP contribution in [0.1, 0.15) is 17.5 Å². The molecule has 0 unspecified atom stereocenters. The number of carbonyl (C=O) groups is 1. The van der Waals surface area contributed by atoms with E-state index in [4.69, 9.17) is 28.6 Å². The summed E-state index contributed by atoms with van der Waals surface area (Å²) in [6.07, 6.45) is 0. The Kier molecular flexibility index (Phi) is 6.23. The highest BCUT2D eigenvalue weighted by Crippen LogP contribution is 2.34. The van der Waals surface area contributed by atoms with Crippen LogP contribution >= 0.6 is 0 Å². The van der Waals surface area contributed by atoms with Gasteiger partial charge in [-0.2, -0.15) is 5.26 Å². The molecular weight excluding hydrogens is 390 g/mol. The van der Waals surface area contributed by atoms with Gasteiger partial charge in [0.15, 0.2) is 18.1 Å². The van der Waals surface area contributed by atoms with Crippen molar-refractivity contribution in [2.24, 2.45) is 0 Å². The highest BCUT2D eigenvalue weighted by atomic mass is 16.5. The number of fused-ring (bicyclic) bond motifs is 1. The maximum Gasteiger partial charge on any atom is 0.375 e. The van der Waals surface area contributed by atoms with Crippen LogP contribution in [0.15, 0.2) is 45.6 Å². The van der Waals surface area contributed by atoms with Crippen molar-refractivity contribution >= 4 is 16.9 Å². The summed E-state index contributed by atoms with van der Waals surface area (Å²) in [6.45, 7) is 1.60. The maximum atomic E-state index is 13.3. The van der Waals surface area contributed by atoms with Crippen LogP contribution in [0.2, 0.25) is 0 Å². The minimum absolute atomic E-state index is 0.0487. The van der Waals surface area contributed by atoms with Gasteiger partial charge in [-0.3, -0.25) is 4.79 Å². The zero-order chi connectivity index (χ0) is 21.7. The van der Waals surface area contributed by atoms with Gasteiger partial charge in [0.05, 0.1) is 31.8 Å². The Labute approximate surface area is 172 Å². The van der Waals surface area contributed by atoms with E-state index in [1.807, 2.05) is 6.07 Å². The predicted molar refractivity (Wildman–Crippen MR) is 108 cm³/mol. The molecule has 3 aromatic rings. The van der Waals surface area contributed by atoms with Crippen molar-refractivity contribution in [3.8, 4) is 34.4 Å². The number of benzene rings is 2. The molecule has 0 radical (unpaired) electrons. The summed E-state index contributed by atoms with van der Waals surface area (Å²) in [4.78, 5) is 25.9. The van der Waals surface area contributed by atoms with E-state index in [1.54, 1.807) is 31.2 Å². The fraction of sp³-hybridized carbons (Fsp3) is 0.227. The molecule has 0 aliphatic heterocycles. The molecule has 1 heterocycles. The lowest BCUT2D eigenvalue weighted by atomic mass is 10.0. The van der Waals surface area contributed by atoms with Crippen LogP contribution in [-0.4, -0.2) is 33.4 Å². The number of nitriles is 1. The molecule has 8 heteroatoms. The fourth-order valence-corrected chi connectivity index (χ4v) is 2.97. The van der Waals surface area contributed by atoms with E-state index in [9.17, 15) is 9.59 Å². The topological polar surface area (TPSA) is 108 Å². The van der Waals surface area contributed by atoms with Gasteiger partial charge in [0.2, 0.25) is 11.2 Å². The molecule has 30 heavy (non-hydrogen) atoms. The SMILES string of the molecule is CCOC(=O)c1oc2cc(OCC#N)ccc2c(=O)c1-c1ccc(OC)c(OC)c1. The zero-order valence-electron chi connectivity index (χ0n) is 16.7. The summed E-state index contributed by atoms with van der Waals surface area (Å²) in [5, 5.41) is 8.92. The fourth-order valence-electron chi connectivity index (χ4n) is 2.97. The highest BCUT2D eigenvalue weighted by molar-refractivity contribution is 5.98. The molecular formula is C22H19NO7. The molecule has 0 spiro atoms. The standard InChI is InChI=1S/C22H19NO7/c1-4-28-22(25)21-19(13-5-8-16(26-2)18(11-13)27-3)20(24)15-7-6-14(29-10-9-23)12-17(15)30-21/h5-8,11-12H,4,10H2,1-3H3. The molecule has 2 aromatic carbocycles. The van der Waals surface area contributed by atoms with E-state index in [0.717, 1.165) is 0 Å². The lowest BCUT2D eigenvalue weighted by Crippen LogP contribution is -2.15. The molecule has 154 valence electrons. The summed E-state index contributed by atoms with van der Waals surface area (Å²) in [6, 6.07) is 11.2. The van der Waals surface area contributed by atoms with Crippen molar-refractivity contribution in [1.82, 2.24) is 0 Å². The van der Waals surface area contributed by atoms with Gasteiger partial charge in [-0.15, -0.1) is 0 Å². The van der Waals surface area contributed by atoms with Crippen LogP contribution < -0.4 is 19.6 Å². The Morgan fingerprint density at radius 1 is 1.10 bits per heavy atom. The lowest BCUT2D eigenvalue weighted by molar-refractivity contribution is 0.0492. The molecule has 0 fully saturated rings. The molecule has 8 nitrogen and oxygen atoms in total. The van der Waals surface area contributed by atoms with E-state index in [0.29, 0.717) is 22.8 Å². The second-order valence-electron chi connectivity index (χ2n) is 6.03. The average molecular weight is 409 g/mol. The Hall–Kier alpha value is -3.99. The first kappa shape index (κ1) is 20.7. The summed E-state index contributed by atoms with van der Waals surface area (Å²) in [5.41, 5.74) is 0.185. The van der Waals surface area contributed by atoms with Crippen LogP contribution in [0.3, 0.4) is 0 Å². The highest BCUT2D eigenvalue weighted by Gasteiger charge is 2.24. The molecule has 0 aliphatic carbocycles. The summed E-state index contributed by atoms with van der Waals surface area (Å²) in [5.74, 6) is 0.192. The number of rotatable bonds is 7. The van der Waals surface area contributed by atoms with Crippen molar-refractivity contribution < 1.29 is 28.2 Å². The monoisotopic (exact) mass is 409 g/mol. The van der Waals surface area contributed by atoms with Crippen LogP contribution in [0.25, 0.3) is 22.1 Å². The van der Waals surface area contributed by atoms with Crippen molar-refractivity contribution in [1.29, 1.82) is 5.26 Å². The van der Waals surface area contributed by atoms with Gasteiger partial charge in [0.25, 0.3) is 0 Å². The average Bonchev–Trinajstić information content (AvgIpc) is 2.77. The third-order valence-electron chi connectivity index (χ3n) is 4.30. The first-order valence-electron chi connectivity index (χ1n) is 9.04. The molecule has 0 bridgehead atoms. The minimum Gasteiger partial charge on any atom is -0.493 e. The van der Waals surface area contributed by atoms with E-state index in [1.165, 1.54) is 26.4 Å². The Morgan fingerprint density at radius 2 is 1.87 bits per heavy atom. The van der Waals surface area contributed by atoms with Gasteiger partial charge in [-0.25, -0.2) is 4.79 Å². The number of carbonyl (C=O) groups excluding carboxylic acids is 1. The second-order valence-corrected chi connectivity index (χ2v) is 6.03. The quantitative estimate of drug-likeness (QED) is 0.545. The van der Waals surface area contributed by atoms with Crippen molar-refractivity contribution in [2.45, 2.75) is 6.92 Å². The molecule has 0 N–H and O–H groups in total. The van der Waals surface area contributed by atoms with E-state index in [-0.39, 0.29) is 35.5 Å². The largest absolute Gasteiger partial charge is 0.493 e. The molecule has 1 aromatic heterocycles. The summed E-state index contributed by atoms with van der Waals surface area (Å²) < 4.78 is 26.7. The Bertz CT molecular complexity index is 1190. The van der Waals surface area contributed by atoms with Gasteiger partial charge in [0.1, 0.15) is 17.4 Å². The Balaban J connectivity index is 2.27. The van der Waals surface area contributed by atoms with Crippen molar-refractivity contribution in [2.75, 3.05) is 27.4 Å². The summed E-state index contributed by atoms with van der Waals surface area (Å²) >= 11 is 0. The molecule has 3 rings (SSSR count). The second kappa shape index (κ2) is 9.01. The van der Waals surface area contributed by atoms with Crippen molar-refractivity contribution in [3.63, 3.8) is 0 Å². The zero-order valence-corrected chi connectivity index (χ0v) is 16.7. The van der Waals surface area contributed by atoms with E-state index < -0.39 is 11.4 Å². The molecule has 0 atom stereocenters. The molecule has 0 saturated carbocycles. The van der Waals surface area contributed by atoms with Crippen LogP contribution in [0, 0.1) is 11.3 Å². The number of hydrogen-bond acceptors (Lipinski definition) is 8. The smallest absolute Gasteiger partial charge is 0.375 e. The van der Waals surface area contributed by atoms with Gasteiger partial charge in [0, 0.05) is 6.07 Å². The van der Waals surface area contributed by atoms with E-state index >= 15 is 0 Å². The van der Waals surface area contributed by atoms with Crippen LogP contribution in [-0.2, 0) is 4.74 Å². The predicted octanol–water partition coefficient (Wildman–Crippen LogP) is 3.56. The normalized spacial score (nSPS) is 10.3. The number of methoxy groups -OCH3 is 2. The van der Waals surface area contributed by atoms with E-state index in [2.05, 4.69) is 0 Å². The minimum atomic E-state index is -0.773. The number of ether oxygens (including phenoxy) is 4. The van der Waals surface area contributed by atoms with Gasteiger partial charge >= 0.3 is 5.97 Å². The van der Waals surface area contributed by atoms with Gasteiger partial charge in [-0.1, -0.05) is 6.07 Å².